The number of carbonyl (C=O) groups is 1. The average Bonchev–Trinajstić information content (AvgIpc) is 2.78. The molecule has 0 spiro atoms. The van der Waals surface area contributed by atoms with Crippen molar-refractivity contribution in [2.45, 2.75) is 13.0 Å². The number of nitrogens with zero attached hydrogens (tertiary/aromatic N) is 2. The molecule has 1 aromatic rings. The number of nitrogens with two attached hydrogens (primary N) is 1. The molecule has 1 amide bonds. The summed E-state index contributed by atoms with van der Waals surface area (Å²) in [5, 5.41) is 0. The third-order valence-corrected chi connectivity index (χ3v) is 2.46. The molecule has 1 fully saturated rings. The summed E-state index contributed by atoms with van der Waals surface area (Å²) < 4.78 is 4.84. The smallest absolute Gasteiger partial charge is 0.223 e. The molecule has 1 saturated heterocycles. The zero-order valence-electron chi connectivity index (χ0n) is 7.85. The molecule has 5 nitrogen and oxygen atoms in total. The lowest BCUT2D eigenvalue weighted by Gasteiger charge is -2.13. The lowest BCUT2D eigenvalue weighted by atomic mass is 10.1. The molecule has 76 valence electrons. The number of hydrogen-bond donors (Lipinski definition) is 1. The maximum Gasteiger partial charge on any atom is 0.223 e. The summed E-state index contributed by atoms with van der Waals surface area (Å²) in [7, 11) is 0. The molecular formula is C9H13N3O2. The largest absolute Gasteiger partial charge is 0.451 e. The van der Waals surface area contributed by atoms with Gasteiger partial charge in [-0.3, -0.25) is 4.79 Å². The van der Waals surface area contributed by atoms with Gasteiger partial charge in [0.25, 0.3) is 0 Å². The average molecular weight is 195 g/mol. The molecule has 0 bridgehead atoms. The van der Waals surface area contributed by atoms with Crippen molar-refractivity contribution in [1.82, 2.24) is 9.88 Å². The van der Waals surface area contributed by atoms with Gasteiger partial charge in [-0.2, -0.15) is 0 Å². The minimum Gasteiger partial charge on any atom is -0.451 e. The second-order valence-electron chi connectivity index (χ2n) is 3.56. The Morgan fingerprint density at radius 2 is 2.57 bits per heavy atom. The lowest BCUT2D eigenvalue weighted by molar-refractivity contribution is -0.128. The molecule has 0 aliphatic carbocycles. The number of oxazole rings is 1. The quantitative estimate of drug-likeness (QED) is 0.735. The van der Waals surface area contributed by atoms with Crippen molar-refractivity contribution in [3.8, 4) is 0 Å². The minimum absolute atomic E-state index is 0.156. The summed E-state index contributed by atoms with van der Waals surface area (Å²) in [4.78, 5) is 17.2. The number of hydrogen-bond acceptors (Lipinski definition) is 4. The van der Waals surface area contributed by atoms with Gasteiger partial charge < -0.3 is 15.1 Å². The summed E-state index contributed by atoms with van der Waals surface area (Å²) in [5.41, 5.74) is 6.31. The predicted octanol–water partition coefficient (Wildman–Crippen LogP) is -0.0182. The third kappa shape index (κ3) is 1.77. The third-order valence-electron chi connectivity index (χ3n) is 2.46. The highest BCUT2D eigenvalue weighted by molar-refractivity contribution is 5.78. The lowest BCUT2D eigenvalue weighted by Crippen LogP contribution is -2.25. The van der Waals surface area contributed by atoms with Gasteiger partial charge in [0.2, 0.25) is 5.91 Å². The first kappa shape index (κ1) is 9.21. The topological polar surface area (TPSA) is 72.4 Å². The van der Waals surface area contributed by atoms with Crippen LogP contribution in [0.5, 0.6) is 0 Å². The Hall–Kier alpha value is -1.36. The van der Waals surface area contributed by atoms with Crippen molar-refractivity contribution in [3.63, 3.8) is 0 Å². The molecule has 2 rings (SSSR count). The standard InChI is InChI=1S/C9H13N3O2/c10-2-7-1-9(13)12(3-7)4-8-5-14-6-11-8/h5-7H,1-4,10H2. The first-order valence-electron chi connectivity index (χ1n) is 4.64. The zero-order valence-corrected chi connectivity index (χ0v) is 7.85. The molecule has 14 heavy (non-hydrogen) atoms. The van der Waals surface area contributed by atoms with E-state index >= 15 is 0 Å². The maximum absolute atomic E-state index is 11.5. The van der Waals surface area contributed by atoms with E-state index in [1.54, 1.807) is 11.2 Å². The number of rotatable bonds is 3. The van der Waals surface area contributed by atoms with E-state index in [0.29, 0.717) is 25.4 Å². The molecule has 5 heteroatoms. The predicted molar refractivity (Wildman–Crippen MR) is 49.1 cm³/mol. The number of likely N-dealkylation sites (tertiary alicyclic amines) is 1. The molecule has 1 atom stereocenters. The number of carbonyl (C=O) groups excluding carboxylic acids is 1. The van der Waals surface area contributed by atoms with Gasteiger partial charge in [-0.25, -0.2) is 4.98 Å². The van der Waals surface area contributed by atoms with Crippen LogP contribution in [0.1, 0.15) is 12.1 Å². The van der Waals surface area contributed by atoms with Gasteiger partial charge in [0.1, 0.15) is 6.26 Å². The Balaban J connectivity index is 1.96. The van der Waals surface area contributed by atoms with E-state index in [4.69, 9.17) is 10.2 Å². The molecule has 0 aromatic carbocycles. The van der Waals surface area contributed by atoms with E-state index in [1.807, 2.05) is 0 Å². The Morgan fingerprint density at radius 1 is 1.71 bits per heavy atom. The Morgan fingerprint density at radius 3 is 3.14 bits per heavy atom. The Kier molecular flexibility index (Phi) is 2.49. The summed E-state index contributed by atoms with van der Waals surface area (Å²) in [5.74, 6) is 0.456. The first-order valence-corrected chi connectivity index (χ1v) is 4.64. The Labute approximate surface area is 81.9 Å². The van der Waals surface area contributed by atoms with Crippen molar-refractivity contribution >= 4 is 5.91 Å². The highest BCUT2D eigenvalue weighted by Crippen LogP contribution is 2.18. The van der Waals surface area contributed by atoms with Gasteiger partial charge in [-0.05, 0) is 12.5 Å². The van der Waals surface area contributed by atoms with Gasteiger partial charge in [0, 0.05) is 13.0 Å². The van der Waals surface area contributed by atoms with Crippen molar-refractivity contribution in [3.05, 3.63) is 18.4 Å². The van der Waals surface area contributed by atoms with Crippen LogP contribution in [0.2, 0.25) is 0 Å². The highest BCUT2D eigenvalue weighted by Gasteiger charge is 2.28. The molecule has 2 N–H and O–H groups in total. The fraction of sp³-hybridized carbons (Fsp3) is 0.556. The summed E-state index contributed by atoms with van der Waals surface area (Å²) in [6.07, 6.45) is 3.49. The van der Waals surface area contributed by atoms with Crippen LogP contribution in [0, 0.1) is 5.92 Å². The number of amides is 1. The monoisotopic (exact) mass is 195 g/mol. The fourth-order valence-corrected chi connectivity index (χ4v) is 1.68. The van der Waals surface area contributed by atoms with Crippen LogP contribution in [-0.2, 0) is 11.3 Å². The van der Waals surface area contributed by atoms with Crippen LogP contribution in [0.15, 0.2) is 17.1 Å². The van der Waals surface area contributed by atoms with Crippen molar-refractivity contribution < 1.29 is 9.21 Å². The first-order chi connectivity index (χ1) is 6.79. The second-order valence-corrected chi connectivity index (χ2v) is 3.56. The molecule has 1 unspecified atom stereocenters. The van der Waals surface area contributed by atoms with Crippen LogP contribution in [-0.4, -0.2) is 28.9 Å². The minimum atomic E-state index is 0.156. The molecule has 1 aromatic heterocycles. The maximum atomic E-state index is 11.5. The second kappa shape index (κ2) is 3.79. The van der Waals surface area contributed by atoms with E-state index in [0.717, 1.165) is 12.2 Å². The van der Waals surface area contributed by atoms with Crippen LogP contribution < -0.4 is 5.73 Å². The van der Waals surface area contributed by atoms with Crippen LogP contribution in [0.4, 0.5) is 0 Å². The van der Waals surface area contributed by atoms with Crippen molar-refractivity contribution in [1.29, 1.82) is 0 Å². The number of aromatic nitrogens is 1. The van der Waals surface area contributed by atoms with Crippen molar-refractivity contribution in [2.75, 3.05) is 13.1 Å². The Bertz CT molecular complexity index is 310. The van der Waals surface area contributed by atoms with E-state index in [9.17, 15) is 4.79 Å². The highest BCUT2D eigenvalue weighted by atomic mass is 16.3. The molecule has 0 saturated carbocycles. The molecule has 1 aliphatic rings. The molecule has 1 aliphatic heterocycles. The summed E-state index contributed by atoms with van der Waals surface area (Å²) in [6, 6.07) is 0. The van der Waals surface area contributed by atoms with Crippen LogP contribution in [0.25, 0.3) is 0 Å². The summed E-state index contributed by atoms with van der Waals surface area (Å²) in [6.45, 7) is 1.84. The van der Waals surface area contributed by atoms with Crippen LogP contribution in [0.3, 0.4) is 0 Å². The zero-order chi connectivity index (χ0) is 9.97. The van der Waals surface area contributed by atoms with Crippen LogP contribution >= 0.6 is 0 Å². The van der Waals surface area contributed by atoms with Gasteiger partial charge >= 0.3 is 0 Å². The van der Waals surface area contributed by atoms with Crippen molar-refractivity contribution in [2.24, 2.45) is 11.7 Å². The molecular weight excluding hydrogens is 182 g/mol. The SMILES string of the molecule is NCC1CC(=O)N(Cc2cocn2)C1. The van der Waals surface area contributed by atoms with Gasteiger partial charge in [-0.15, -0.1) is 0 Å². The van der Waals surface area contributed by atoms with E-state index in [-0.39, 0.29) is 5.91 Å². The van der Waals surface area contributed by atoms with E-state index in [2.05, 4.69) is 4.98 Å². The van der Waals surface area contributed by atoms with E-state index in [1.165, 1.54) is 6.39 Å². The summed E-state index contributed by atoms with van der Waals surface area (Å²) >= 11 is 0. The van der Waals surface area contributed by atoms with Gasteiger partial charge in [0.15, 0.2) is 6.39 Å². The normalized spacial score (nSPS) is 21.9. The van der Waals surface area contributed by atoms with E-state index < -0.39 is 0 Å². The fourth-order valence-electron chi connectivity index (χ4n) is 1.68. The van der Waals surface area contributed by atoms with Gasteiger partial charge in [0.05, 0.1) is 12.2 Å². The molecule has 2 heterocycles. The van der Waals surface area contributed by atoms with Gasteiger partial charge in [-0.1, -0.05) is 0 Å². The molecule has 0 radical (unpaired) electrons.